The van der Waals surface area contributed by atoms with Gasteiger partial charge in [0.15, 0.2) is 0 Å². The van der Waals surface area contributed by atoms with Gasteiger partial charge in [-0.3, -0.25) is 4.79 Å². The molecule has 0 aromatic heterocycles. The van der Waals surface area contributed by atoms with Crippen molar-refractivity contribution in [2.24, 2.45) is 5.90 Å². The Kier molecular flexibility index (Phi) is 10.2. The quantitative estimate of drug-likeness (QED) is 0.437. The minimum Gasteiger partial charge on any atom is -0.356 e. The van der Waals surface area contributed by atoms with E-state index in [-0.39, 0.29) is 13.3 Å². The van der Waals surface area contributed by atoms with Crippen LogP contribution in [0.25, 0.3) is 0 Å². The average Bonchev–Trinajstić information content (AvgIpc) is 1.80. The number of hydrogen-bond acceptors (Lipinski definition) is 3. The largest absolute Gasteiger partial charge is 0.356 e. The van der Waals surface area contributed by atoms with Crippen LogP contribution < -0.4 is 11.2 Å². The second-order valence-electron chi connectivity index (χ2n) is 1.71. The van der Waals surface area contributed by atoms with Crippen molar-refractivity contribution in [3.8, 4) is 0 Å². The zero-order valence-electron chi connectivity index (χ0n) is 5.52. The van der Waals surface area contributed by atoms with Gasteiger partial charge in [-0.25, -0.2) is 5.90 Å². The summed E-state index contributed by atoms with van der Waals surface area (Å²) in [6.07, 6.45) is 0.760. The first-order valence-electron chi connectivity index (χ1n) is 2.83. The summed E-state index contributed by atoms with van der Waals surface area (Å²) < 4.78 is 0. The van der Waals surface area contributed by atoms with Crippen LogP contribution in [-0.4, -0.2) is 19.1 Å². The molecule has 0 aromatic carbocycles. The van der Waals surface area contributed by atoms with E-state index >= 15 is 0 Å². The Labute approximate surface area is 61.7 Å². The zero-order chi connectivity index (χ0) is 7.11. The monoisotopic (exact) mass is 148 g/mol. The van der Waals surface area contributed by atoms with E-state index < -0.39 is 0 Å². The fourth-order valence-electron chi connectivity index (χ4n) is 0.420. The molecule has 0 saturated heterocycles. The van der Waals surface area contributed by atoms with Crippen molar-refractivity contribution in [3.05, 3.63) is 0 Å². The van der Waals surface area contributed by atoms with Gasteiger partial charge in [-0.05, 0) is 6.42 Å². The number of nitrogens with one attached hydrogen (secondary N) is 1. The van der Waals surface area contributed by atoms with Crippen LogP contribution >= 0.6 is 0 Å². The highest BCUT2D eigenvalue weighted by atomic mass is 16.6. The average molecular weight is 148 g/mol. The molecule has 0 aliphatic rings. The van der Waals surface area contributed by atoms with Crippen LogP contribution in [0, 0.1) is 0 Å². The molecule has 0 unspecified atom stereocenters. The van der Waals surface area contributed by atoms with Gasteiger partial charge in [0.1, 0.15) is 0 Å². The summed E-state index contributed by atoms with van der Waals surface area (Å²) >= 11 is 0. The van der Waals surface area contributed by atoms with Crippen LogP contribution in [0.2, 0.25) is 0 Å². The molecule has 62 valence electrons. The van der Waals surface area contributed by atoms with Crippen LogP contribution in [0.15, 0.2) is 0 Å². The molecule has 3 N–H and O–H groups in total. The smallest absolute Gasteiger partial charge is 0.216 e. The van der Waals surface area contributed by atoms with E-state index in [4.69, 9.17) is 5.90 Å². The van der Waals surface area contributed by atoms with Gasteiger partial charge in [0.2, 0.25) is 5.91 Å². The number of rotatable bonds is 4. The molecule has 0 bridgehead atoms. The van der Waals surface area contributed by atoms with Crippen LogP contribution in [0.4, 0.5) is 0 Å². The fourth-order valence-corrected chi connectivity index (χ4v) is 0.420. The molecule has 0 aliphatic carbocycles. The maximum absolute atomic E-state index is 10.2. The molecule has 0 rings (SSSR count). The molecule has 0 aliphatic heterocycles. The predicted octanol–water partition coefficient (Wildman–Crippen LogP) is 0.0390. The Bertz CT molecular complexity index is 85.8. The van der Waals surface area contributed by atoms with Crippen LogP contribution in [0.3, 0.4) is 0 Å². The first-order valence-corrected chi connectivity index (χ1v) is 2.83. The Balaban J connectivity index is 0. The molecule has 0 saturated carbocycles. The van der Waals surface area contributed by atoms with E-state index in [9.17, 15) is 4.79 Å². The Hall–Kier alpha value is -0.610. The number of nitrogens with two attached hydrogens (primary N) is 1. The van der Waals surface area contributed by atoms with Crippen molar-refractivity contribution in [1.29, 1.82) is 0 Å². The molecule has 4 nitrogen and oxygen atoms in total. The summed E-state index contributed by atoms with van der Waals surface area (Å²) in [4.78, 5) is 14.5. The lowest BCUT2D eigenvalue weighted by atomic mass is 10.4. The van der Waals surface area contributed by atoms with Gasteiger partial charge < -0.3 is 10.2 Å². The fraction of sp³-hybridized carbons (Fsp3) is 0.833. The van der Waals surface area contributed by atoms with Gasteiger partial charge in [0.25, 0.3) is 0 Å². The number of hydrogen-bond donors (Lipinski definition) is 2. The molecule has 0 fully saturated rings. The first kappa shape index (κ1) is 12.1. The van der Waals surface area contributed by atoms with E-state index in [0.717, 1.165) is 6.42 Å². The molecule has 0 aromatic rings. The summed E-state index contributed by atoms with van der Waals surface area (Å²) in [5.41, 5.74) is 0. The molecular weight excluding hydrogens is 132 g/mol. The molecular formula is C6H16N2O2. The molecule has 1 amide bonds. The third-order valence-electron chi connectivity index (χ3n) is 0.813. The van der Waals surface area contributed by atoms with Crippen molar-refractivity contribution in [2.75, 3.05) is 13.2 Å². The lowest BCUT2D eigenvalue weighted by molar-refractivity contribution is -0.119. The Morgan fingerprint density at radius 3 is 2.70 bits per heavy atom. The normalized spacial score (nSPS) is 8.20. The van der Waals surface area contributed by atoms with E-state index in [1.165, 1.54) is 6.92 Å². The summed E-state index contributed by atoms with van der Waals surface area (Å²) in [7, 11) is 0. The Morgan fingerprint density at radius 2 is 2.30 bits per heavy atom. The molecule has 4 heteroatoms. The number of amides is 1. The highest BCUT2D eigenvalue weighted by Gasteiger charge is 1.88. The second kappa shape index (κ2) is 8.39. The van der Waals surface area contributed by atoms with Gasteiger partial charge in [-0.15, -0.1) is 0 Å². The minimum atomic E-state index is -0.0213. The van der Waals surface area contributed by atoms with E-state index in [0.29, 0.717) is 13.2 Å². The van der Waals surface area contributed by atoms with Gasteiger partial charge in [-0.1, -0.05) is 7.43 Å². The van der Waals surface area contributed by atoms with Crippen molar-refractivity contribution in [1.82, 2.24) is 5.32 Å². The lowest BCUT2D eigenvalue weighted by Gasteiger charge is -1.98. The summed E-state index contributed by atoms with van der Waals surface area (Å²) in [6.45, 7) is 2.59. The third-order valence-corrected chi connectivity index (χ3v) is 0.813. The van der Waals surface area contributed by atoms with Gasteiger partial charge >= 0.3 is 0 Å². The van der Waals surface area contributed by atoms with E-state index in [2.05, 4.69) is 10.2 Å². The van der Waals surface area contributed by atoms with E-state index in [1.54, 1.807) is 0 Å². The number of carbonyl (C=O) groups excluding carboxylic acids is 1. The van der Waals surface area contributed by atoms with Crippen LogP contribution in [0.1, 0.15) is 20.8 Å². The van der Waals surface area contributed by atoms with Gasteiger partial charge in [0, 0.05) is 13.5 Å². The SMILES string of the molecule is C.CC(=O)NCCCON. The Morgan fingerprint density at radius 1 is 1.70 bits per heavy atom. The molecule has 0 spiro atoms. The van der Waals surface area contributed by atoms with Crippen molar-refractivity contribution < 1.29 is 9.63 Å². The highest BCUT2D eigenvalue weighted by Crippen LogP contribution is 1.73. The van der Waals surface area contributed by atoms with Gasteiger partial charge in [-0.2, -0.15) is 0 Å². The standard InChI is InChI=1S/C5H12N2O2.CH4/c1-5(8)7-3-2-4-9-6;/h2-4,6H2,1H3,(H,7,8);1H4. The zero-order valence-corrected chi connectivity index (χ0v) is 5.52. The van der Waals surface area contributed by atoms with Crippen molar-refractivity contribution >= 4 is 5.91 Å². The van der Waals surface area contributed by atoms with Crippen molar-refractivity contribution in [3.63, 3.8) is 0 Å². The summed E-state index contributed by atoms with van der Waals surface area (Å²) in [6, 6.07) is 0. The summed E-state index contributed by atoms with van der Waals surface area (Å²) in [5, 5.41) is 2.61. The van der Waals surface area contributed by atoms with Crippen molar-refractivity contribution in [2.45, 2.75) is 20.8 Å². The predicted molar refractivity (Wildman–Crippen MR) is 40.2 cm³/mol. The van der Waals surface area contributed by atoms with Crippen LogP contribution in [0.5, 0.6) is 0 Å². The summed E-state index contributed by atoms with van der Waals surface area (Å²) in [5.74, 6) is 4.71. The second-order valence-corrected chi connectivity index (χ2v) is 1.71. The lowest BCUT2D eigenvalue weighted by Crippen LogP contribution is -2.22. The molecule has 0 radical (unpaired) electrons. The maximum Gasteiger partial charge on any atom is 0.216 e. The third kappa shape index (κ3) is 10.4. The van der Waals surface area contributed by atoms with Crippen LogP contribution in [-0.2, 0) is 9.63 Å². The maximum atomic E-state index is 10.2. The molecule has 0 heterocycles. The topological polar surface area (TPSA) is 64.3 Å². The molecule has 10 heavy (non-hydrogen) atoms. The first-order chi connectivity index (χ1) is 4.27. The van der Waals surface area contributed by atoms with Gasteiger partial charge in [0.05, 0.1) is 6.61 Å². The van der Waals surface area contributed by atoms with E-state index in [1.807, 2.05) is 0 Å². The molecule has 0 atom stereocenters. The minimum absolute atomic E-state index is 0. The number of carbonyl (C=O) groups is 1. The highest BCUT2D eigenvalue weighted by molar-refractivity contribution is 5.72.